The number of halogens is 1. The molecule has 0 saturated heterocycles. The second kappa shape index (κ2) is 5.36. The second-order valence-electron chi connectivity index (χ2n) is 4.76. The summed E-state index contributed by atoms with van der Waals surface area (Å²) in [5, 5.41) is 3.73. The number of methoxy groups -OCH3 is 1. The van der Waals surface area contributed by atoms with E-state index in [2.05, 4.69) is 21.1 Å². The topological polar surface area (TPSA) is 70.5 Å². The number of nitrogen functional groups attached to an aromatic ring is 1. The van der Waals surface area contributed by atoms with E-state index in [1.54, 1.807) is 13.3 Å². The number of benzene rings is 1. The summed E-state index contributed by atoms with van der Waals surface area (Å²) in [7, 11) is 1.62. The van der Waals surface area contributed by atoms with Gasteiger partial charge in [0, 0.05) is 10.0 Å². The van der Waals surface area contributed by atoms with E-state index in [9.17, 15) is 0 Å². The van der Waals surface area contributed by atoms with Crippen LogP contribution < -0.4 is 15.2 Å². The largest absolute Gasteiger partial charge is 0.493 e. The molecule has 106 valence electrons. The summed E-state index contributed by atoms with van der Waals surface area (Å²) in [6, 6.07) is 3.81. The summed E-state index contributed by atoms with van der Waals surface area (Å²) in [6.07, 6.45) is 5.17. The molecule has 0 aliphatic heterocycles. The van der Waals surface area contributed by atoms with Crippen molar-refractivity contribution in [2.45, 2.75) is 25.4 Å². The quantitative estimate of drug-likeness (QED) is 0.921. The number of nitrogens with two attached hydrogens (primary N) is 1. The van der Waals surface area contributed by atoms with E-state index in [1.165, 1.54) is 6.42 Å². The van der Waals surface area contributed by atoms with Crippen LogP contribution in [0, 0.1) is 0 Å². The molecule has 0 atom stereocenters. The van der Waals surface area contributed by atoms with E-state index < -0.39 is 0 Å². The molecule has 1 aromatic carbocycles. The van der Waals surface area contributed by atoms with E-state index in [-0.39, 0.29) is 12.0 Å². The predicted octanol–water partition coefficient (Wildman–Crippen LogP) is 3.63. The Kier molecular flexibility index (Phi) is 3.56. The number of nitrogens with zero attached hydrogens (tertiary/aromatic N) is 1. The number of ether oxygens (including phenoxy) is 2. The highest BCUT2D eigenvalue weighted by molar-refractivity contribution is 9.10. The molecule has 1 heterocycles. The van der Waals surface area contributed by atoms with E-state index in [1.807, 2.05) is 12.1 Å². The fourth-order valence-corrected chi connectivity index (χ4v) is 2.58. The van der Waals surface area contributed by atoms with Crippen molar-refractivity contribution in [2.75, 3.05) is 12.8 Å². The van der Waals surface area contributed by atoms with Crippen LogP contribution in [0.15, 0.2) is 27.3 Å². The molecule has 1 fully saturated rings. The molecule has 20 heavy (non-hydrogen) atoms. The van der Waals surface area contributed by atoms with Gasteiger partial charge in [0.25, 0.3) is 0 Å². The van der Waals surface area contributed by atoms with Crippen LogP contribution >= 0.6 is 15.9 Å². The lowest BCUT2D eigenvalue weighted by atomic mass is 9.96. The average Bonchev–Trinajstić information content (AvgIpc) is 2.80. The Bertz CT molecular complexity index is 623. The summed E-state index contributed by atoms with van der Waals surface area (Å²) in [5.41, 5.74) is 7.35. The van der Waals surface area contributed by atoms with Gasteiger partial charge < -0.3 is 19.7 Å². The van der Waals surface area contributed by atoms with Gasteiger partial charge in [-0.2, -0.15) is 0 Å². The fourth-order valence-electron chi connectivity index (χ4n) is 2.15. The molecule has 3 rings (SSSR count). The number of anilines is 1. The third-order valence-corrected chi connectivity index (χ3v) is 3.92. The first kappa shape index (κ1) is 13.3. The van der Waals surface area contributed by atoms with Gasteiger partial charge in [-0.25, -0.2) is 0 Å². The monoisotopic (exact) mass is 338 g/mol. The van der Waals surface area contributed by atoms with Gasteiger partial charge >= 0.3 is 0 Å². The summed E-state index contributed by atoms with van der Waals surface area (Å²) in [6.45, 7) is 0. The van der Waals surface area contributed by atoms with Crippen molar-refractivity contribution in [3.05, 3.63) is 22.8 Å². The average molecular weight is 339 g/mol. The Morgan fingerprint density at radius 2 is 2.15 bits per heavy atom. The summed E-state index contributed by atoms with van der Waals surface area (Å²) >= 11 is 3.47. The molecule has 0 radical (unpaired) electrons. The fraction of sp³-hybridized carbons (Fsp3) is 0.357. The Hall–Kier alpha value is -1.69. The first-order valence-electron chi connectivity index (χ1n) is 6.43. The molecule has 1 aliphatic rings. The second-order valence-corrected chi connectivity index (χ2v) is 5.67. The molecular formula is C14H15BrN2O3. The normalized spacial score (nSPS) is 14.9. The van der Waals surface area contributed by atoms with Gasteiger partial charge in [-0.3, -0.25) is 0 Å². The molecule has 5 nitrogen and oxygen atoms in total. The first-order valence-corrected chi connectivity index (χ1v) is 7.23. The molecular weight excluding hydrogens is 324 g/mol. The van der Waals surface area contributed by atoms with Crippen molar-refractivity contribution in [1.82, 2.24) is 5.16 Å². The van der Waals surface area contributed by atoms with Crippen LogP contribution in [0.4, 0.5) is 5.88 Å². The van der Waals surface area contributed by atoms with Crippen LogP contribution in [-0.4, -0.2) is 18.4 Å². The van der Waals surface area contributed by atoms with Crippen LogP contribution in [0.2, 0.25) is 0 Å². The minimum Gasteiger partial charge on any atom is -0.493 e. The van der Waals surface area contributed by atoms with Crippen LogP contribution in [-0.2, 0) is 0 Å². The van der Waals surface area contributed by atoms with Gasteiger partial charge in [-0.1, -0.05) is 21.1 Å². The zero-order chi connectivity index (χ0) is 14.1. The minimum absolute atomic E-state index is 0.241. The predicted molar refractivity (Wildman–Crippen MR) is 78.9 cm³/mol. The van der Waals surface area contributed by atoms with Gasteiger partial charge in [0.1, 0.15) is 0 Å². The van der Waals surface area contributed by atoms with E-state index in [0.717, 1.165) is 22.9 Å². The molecule has 0 unspecified atom stereocenters. The Morgan fingerprint density at radius 1 is 1.35 bits per heavy atom. The Morgan fingerprint density at radius 3 is 2.70 bits per heavy atom. The van der Waals surface area contributed by atoms with Crippen LogP contribution in [0.5, 0.6) is 11.5 Å². The summed E-state index contributed by atoms with van der Waals surface area (Å²) < 4.78 is 17.3. The highest BCUT2D eigenvalue weighted by atomic mass is 79.9. The van der Waals surface area contributed by atoms with Crippen LogP contribution in [0.3, 0.4) is 0 Å². The van der Waals surface area contributed by atoms with E-state index in [0.29, 0.717) is 17.1 Å². The highest BCUT2D eigenvalue weighted by Crippen LogP contribution is 2.44. The van der Waals surface area contributed by atoms with Crippen molar-refractivity contribution in [3.8, 4) is 22.6 Å². The van der Waals surface area contributed by atoms with Gasteiger partial charge in [-0.15, -0.1) is 0 Å². The zero-order valence-corrected chi connectivity index (χ0v) is 12.6. The summed E-state index contributed by atoms with van der Waals surface area (Å²) in [4.78, 5) is 0. The third kappa shape index (κ3) is 2.35. The molecule has 6 heteroatoms. The third-order valence-electron chi connectivity index (χ3n) is 3.46. The molecule has 1 saturated carbocycles. The van der Waals surface area contributed by atoms with Crippen LogP contribution in [0.25, 0.3) is 11.1 Å². The molecule has 2 aromatic rings. The van der Waals surface area contributed by atoms with Gasteiger partial charge in [-0.05, 0) is 31.4 Å². The lowest BCUT2D eigenvalue weighted by molar-refractivity contribution is 0.117. The number of rotatable bonds is 4. The van der Waals surface area contributed by atoms with Crippen molar-refractivity contribution in [3.63, 3.8) is 0 Å². The van der Waals surface area contributed by atoms with Crippen molar-refractivity contribution in [1.29, 1.82) is 0 Å². The van der Waals surface area contributed by atoms with Crippen molar-refractivity contribution >= 4 is 21.8 Å². The SMILES string of the molecule is COc1cc(Br)cc(-c2cnoc2N)c1OC1CCC1. The van der Waals surface area contributed by atoms with Gasteiger partial charge in [0.2, 0.25) is 5.88 Å². The van der Waals surface area contributed by atoms with E-state index in [4.69, 9.17) is 19.7 Å². The standard InChI is InChI=1S/C14H15BrN2O3/c1-18-12-6-8(15)5-10(11-7-17-20-14(11)16)13(12)19-9-3-2-4-9/h5-7,9H,2-4,16H2,1H3. The van der Waals surface area contributed by atoms with Crippen molar-refractivity contribution < 1.29 is 14.0 Å². The maximum atomic E-state index is 6.07. The molecule has 1 aromatic heterocycles. The minimum atomic E-state index is 0.241. The number of hydrogen-bond acceptors (Lipinski definition) is 5. The zero-order valence-electron chi connectivity index (χ0n) is 11.1. The Balaban J connectivity index is 2.10. The molecule has 0 bridgehead atoms. The maximum Gasteiger partial charge on any atom is 0.230 e. The summed E-state index contributed by atoms with van der Waals surface area (Å²) in [5.74, 6) is 1.63. The molecule has 0 amide bonds. The highest BCUT2D eigenvalue weighted by Gasteiger charge is 2.25. The van der Waals surface area contributed by atoms with Crippen molar-refractivity contribution in [2.24, 2.45) is 0 Å². The van der Waals surface area contributed by atoms with Gasteiger partial charge in [0.15, 0.2) is 11.5 Å². The molecule has 0 spiro atoms. The number of aromatic nitrogens is 1. The van der Waals surface area contributed by atoms with Crippen LogP contribution in [0.1, 0.15) is 19.3 Å². The van der Waals surface area contributed by atoms with Gasteiger partial charge in [0.05, 0.1) is 25.0 Å². The smallest absolute Gasteiger partial charge is 0.230 e. The lowest BCUT2D eigenvalue weighted by Crippen LogP contribution is -2.25. The van der Waals surface area contributed by atoms with E-state index >= 15 is 0 Å². The first-order chi connectivity index (χ1) is 9.69. The molecule has 2 N–H and O–H groups in total. The Labute approximate surface area is 125 Å². The molecule has 1 aliphatic carbocycles. The maximum absolute atomic E-state index is 6.07. The number of hydrogen-bond donors (Lipinski definition) is 1. The lowest BCUT2D eigenvalue weighted by Gasteiger charge is -2.28.